The summed E-state index contributed by atoms with van der Waals surface area (Å²) in [5.74, 6) is 0. The summed E-state index contributed by atoms with van der Waals surface area (Å²) in [5.41, 5.74) is 0.926. The van der Waals surface area contributed by atoms with Crippen molar-refractivity contribution >= 4 is 0 Å². The van der Waals surface area contributed by atoms with E-state index in [2.05, 4.69) is 53.8 Å². The Morgan fingerprint density at radius 2 is 1.58 bits per heavy atom. The molecule has 0 aromatic carbocycles. The molecule has 2 nitrogen and oxygen atoms in total. The fraction of sp³-hybridized carbons (Fsp3) is 1.00. The van der Waals surface area contributed by atoms with Gasteiger partial charge in [-0.25, -0.2) is 0 Å². The topological polar surface area (TPSA) is 21.3 Å². The van der Waals surface area contributed by atoms with Crippen molar-refractivity contribution in [3.8, 4) is 0 Å². The van der Waals surface area contributed by atoms with E-state index in [-0.39, 0.29) is 11.0 Å². The summed E-state index contributed by atoms with van der Waals surface area (Å²) in [7, 11) is 0. The molecule has 2 heteroatoms. The van der Waals surface area contributed by atoms with Crippen LogP contribution in [0.4, 0.5) is 0 Å². The third kappa shape index (κ3) is 7.31. The van der Waals surface area contributed by atoms with Crippen LogP contribution in [-0.4, -0.2) is 24.8 Å². The second kappa shape index (κ2) is 6.13. The molecular weight excluding hydrogens is 234 g/mol. The van der Waals surface area contributed by atoms with Gasteiger partial charge in [-0.1, -0.05) is 27.7 Å². The largest absolute Gasteiger partial charge is 0.378 e. The van der Waals surface area contributed by atoms with E-state index in [1.165, 1.54) is 25.7 Å². The first-order chi connectivity index (χ1) is 8.49. The number of ether oxygens (including phenoxy) is 1. The lowest BCUT2D eigenvalue weighted by atomic mass is 9.76. The molecule has 0 aromatic rings. The van der Waals surface area contributed by atoms with Gasteiger partial charge in [0, 0.05) is 17.5 Å². The van der Waals surface area contributed by atoms with Gasteiger partial charge in [0.05, 0.1) is 12.7 Å². The minimum atomic E-state index is 0.187. The summed E-state index contributed by atoms with van der Waals surface area (Å²) in [5, 5.41) is 3.58. The maximum atomic E-state index is 6.17. The van der Waals surface area contributed by atoms with E-state index in [0.29, 0.717) is 11.5 Å². The number of hydrogen-bond acceptors (Lipinski definition) is 2. The Morgan fingerprint density at radius 3 is 2.05 bits per heavy atom. The number of rotatable bonds is 5. The van der Waals surface area contributed by atoms with Crippen molar-refractivity contribution in [2.45, 2.75) is 85.8 Å². The molecule has 0 aliphatic heterocycles. The first-order valence-electron chi connectivity index (χ1n) is 7.86. The highest BCUT2D eigenvalue weighted by atomic mass is 16.5. The zero-order chi connectivity index (χ0) is 14.7. The van der Waals surface area contributed by atoms with Crippen LogP contribution in [0.25, 0.3) is 0 Å². The molecule has 1 N–H and O–H groups in total. The lowest BCUT2D eigenvalue weighted by Crippen LogP contribution is -2.44. The number of nitrogens with one attached hydrogen (secondary N) is 1. The normalized spacial score (nSPS) is 21.6. The van der Waals surface area contributed by atoms with Crippen molar-refractivity contribution in [2.24, 2.45) is 10.8 Å². The molecule has 1 fully saturated rings. The van der Waals surface area contributed by atoms with Gasteiger partial charge in [-0.2, -0.15) is 0 Å². The fourth-order valence-electron chi connectivity index (χ4n) is 2.44. The average molecular weight is 269 g/mol. The van der Waals surface area contributed by atoms with Crippen LogP contribution in [-0.2, 0) is 4.74 Å². The van der Waals surface area contributed by atoms with Crippen LogP contribution in [0.5, 0.6) is 0 Å². The van der Waals surface area contributed by atoms with Gasteiger partial charge in [-0.3, -0.25) is 0 Å². The Bertz CT molecular complexity index is 265. The summed E-state index contributed by atoms with van der Waals surface area (Å²) < 4.78 is 6.17. The third-order valence-electron chi connectivity index (χ3n) is 4.09. The highest BCUT2D eigenvalue weighted by Gasteiger charge is 2.29. The smallest absolute Gasteiger partial charge is 0.0575 e. The van der Waals surface area contributed by atoms with E-state index in [4.69, 9.17) is 4.74 Å². The molecule has 1 aliphatic carbocycles. The highest BCUT2D eigenvalue weighted by Crippen LogP contribution is 2.36. The second-order valence-corrected chi connectivity index (χ2v) is 8.94. The quantitative estimate of drug-likeness (QED) is 0.799. The maximum Gasteiger partial charge on any atom is 0.0575 e. The zero-order valence-electron chi connectivity index (χ0n) is 14.2. The molecular formula is C17H35NO. The van der Waals surface area contributed by atoms with Gasteiger partial charge in [0.15, 0.2) is 0 Å². The summed E-state index contributed by atoms with van der Waals surface area (Å²) in [4.78, 5) is 0. The fourth-order valence-corrected chi connectivity index (χ4v) is 2.44. The first kappa shape index (κ1) is 17.0. The Kier molecular flexibility index (Phi) is 5.48. The molecule has 0 heterocycles. The van der Waals surface area contributed by atoms with Crippen LogP contribution >= 0.6 is 0 Å². The van der Waals surface area contributed by atoms with Gasteiger partial charge in [0.2, 0.25) is 0 Å². The van der Waals surface area contributed by atoms with Crippen LogP contribution in [0.1, 0.15) is 74.1 Å². The Morgan fingerprint density at radius 1 is 1.05 bits per heavy atom. The van der Waals surface area contributed by atoms with Gasteiger partial charge >= 0.3 is 0 Å². The summed E-state index contributed by atoms with van der Waals surface area (Å²) in [6, 6.07) is 0. The van der Waals surface area contributed by atoms with E-state index in [1.54, 1.807) is 0 Å². The Labute approximate surface area is 120 Å². The maximum absolute atomic E-state index is 6.17. The van der Waals surface area contributed by atoms with Crippen molar-refractivity contribution in [2.75, 3.05) is 13.2 Å². The molecule has 114 valence electrons. The molecule has 0 saturated heterocycles. The Balaban J connectivity index is 2.28. The van der Waals surface area contributed by atoms with E-state index in [1.807, 2.05) is 0 Å². The molecule has 1 saturated carbocycles. The molecule has 19 heavy (non-hydrogen) atoms. The zero-order valence-corrected chi connectivity index (χ0v) is 14.2. The summed E-state index contributed by atoms with van der Waals surface area (Å²) in [6.45, 7) is 17.8. The van der Waals surface area contributed by atoms with Gasteiger partial charge in [0.1, 0.15) is 0 Å². The third-order valence-corrected chi connectivity index (χ3v) is 4.09. The van der Waals surface area contributed by atoms with E-state index < -0.39 is 0 Å². The van der Waals surface area contributed by atoms with Crippen molar-refractivity contribution < 1.29 is 4.74 Å². The molecule has 0 spiro atoms. The molecule has 0 unspecified atom stereocenters. The van der Waals surface area contributed by atoms with Crippen LogP contribution in [0.3, 0.4) is 0 Å². The predicted octanol–water partition coefficient (Wildman–Crippen LogP) is 4.39. The van der Waals surface area contributed by atoms with Crippen molar-refractivity contribution in [3.05, 3.63) is 0 Å². The monoisotopic (exact) mass is 269 g/mol. The van der Waals surface area contributed by atoms with E-state index >= 15 is 0 Å². The van der Waals surface area contributed by atoms with Gasteiger partial charge < -0.3 is 10.1 Å². The lowest BCUT2D eigenvalue weighted by molar-refractivity contribution is -0.0315. The van der Waals surface area contributed by atoms with Crippen molar-refractivity contribution in [1.82, 2.24) is 5.32 Å². The molecule has 0 bridgehead atoms. The van der Waals surface area contributed by atoms with Crippen LogP contribution in [0.2, 0.25) is 0 Å². The lowest BCUT2D eigenvalue weighted by Gasteiger charge is -2.36. The minimum absolute atomic E-state index is 0.187. The Hall–Kier alpha value is -0.0800. The molecule has 0 amide bonds. The van der Waals surface area contributed by atoms with Gasteiger partial charge in [-0.05, 0) is 51.9 Å². The average Bonchev–Trinajstić information content (AvgIpc) is 2.24. The molecule has 1 aliphatic rings. The highest BCUT2D eigenvalue weighted by molar-refractivity contribution is 4.81. The second-order valence-electron chi connectivity index (χ2n) is 8.94. The predicted molar refractivity (Wildman–Crippen MR) is 83.5 cm³/mol. The molecule has 0 atom stereocenters. The van der Waals surface area contributed by atoms with Crippen LogP contribution in [0.15, 0.2) is 0 Å². The summed E-state index contributed by atoms with van der Waals surface area (Å²) >= 11 is 0. The summed E-state index contributed by atoms with van der Waals surface area (Å²) in [6.07, 6.45) is 5.56. The molecule has 1 rings (SSSR count). The van der Waals surface area contributed by atoms with E-state index in [9.17, 15) is 0 Å². The van der Waals surface area contributed by atoms with Gasteiger partial charge in [0.25, 0.3) is 0 Å². The first-order valence-corrected chi connectivity index (χ1v) is 7.86. The van der Waals surface area contributed by atoms with E-state index in [0.717, 1.165) is 13.2 Å². The van der Waals surface area contributed by atoms with Gasteiger partial charge in [-0.15, -0.1) is 0 Å². The standard InChI is InChI=1S/C17H35NO/c1-15(2,3)18-12-17(6,7)13-19-14-8-10-16(4,5)11-9-14/h14,18H,8-13H2,1-7H3. The number of hydrogen-bond donors (Lipinski definition) is 1. The van der Waals surface area contributed by atoms with Crippen LogP contribution < -0.4 is 5.32 Å². The SMILES string of the molecule is CC1(C)CCC(OCC(C)(C)CNC(C)(C)C)CC1. The van der Waals surface area contributed by atoms with Crippen molar-refractivity contribution in [3.63, 3.8) is 0 Å². The molecule has 0 radical (unpaired) electrons. The molecule has 0 aromatic heterocycles. The van der Waals surface area contributed by atoms with Crippen molar-refractivity contribution in [1.29, 1.82) is 0 Å². The minimum Gasteiger partial charge on any atom is -0.378 e. The van der Waals surface area contributed by atoms with Crippen LogP contribution in [0, 0.1) is 10.8 Å².